The molecule has 1 aliphatic rings. The predicted molar refractivity (Wildman–Crippen MR) is 75.2 cm³/mol. The molecule has 1 aromatic carbocycles. The number of benzene rings is 1. The average Bonchev–Trinajstić information content (AvgIpc) is 2.42. The second kappa shape index (κ2) is 6.89. The molecule has 0 bridgehead atoms. The summed E-state index contributed by atoms with van der Waals surface area (Å²) in [7, 11) is 1.55. The first-order valence-corrected chi connectivity index (χ1v) is 6.80. The number of piperazine rings is 1. The van der Waals surface area contributed by atoms with Gasteiger partial charge in [0.25, 0.3) is 0 Å². The molecule has 4 nitrogen and oxygen atoms in total. The topological polar surface area (TPSA) is 32.8 Å². The summed E-state index contributed by atoms with van der Waals surface area (Å²) in [6, 6.07) is 7.92. The molecule has 1 fully saturated rings. The molecule has 0 aromatic heterocycles. The van der Waals surface area contributed by atoms with Crippen molar-refractivity contribution in [1.29, 1.82) is 0 Å². The number of carbonyl (C=O) groups is 1. The lowest BCUT2D eigenvalue weighted by molar-refractivity contribution is -0.136. The van der Waals surface area contributed by atoms with Crippen molar-refractivity contribution in [3.05, 3.63) is 34.9 Å². The van der Waals surface area contributed by atoms with Crippen molar-refractivity contribution >= 4 is 17.5 Å². The highest BCUT2D eigenvalue weighted by molar-refractivity contribution is 6.30. The smallest absolute Gasteiger partial charge is 0.248 e. The molecule has 0 atom stereocenters. The molecule has 104 valence electrons. The van der Waals surface area contributed by atoms with Crippen LogP contribution in [0.2, 0.25) is 5.02 Å². The third-order valence-electron chi connectivity index (χ3n) is 3.31. The Kier molecular flexibility index (Phi) is 5.19. The maximum absolute atomic E-state index is 11.7. The average molecular weight is 283 g/mol. The standard InChI is InChI=1S/C14H19ClN2O2/c1-19-11-14(18)17-8-6-16(7-9-17)10-12-2-4-13(15)5-3-12/h2-5H,6-11H2,1H3. The number of halogens is 1. The molecule has 5 heteroatoms. The van der Waals surface area contributed by atoms with E-state index >= 15 is 0 Å². The van der Waals surface area contributed by atoms with Gasteiger partial charge in [-0.15, -0.1) is 0 Å². The normalized spacial score (nSPS) is 16.6. The van der Waals surface area contributed by atoms with E-state index in [0.29, 0.717) is 0 Å². The molecule has 1 saturated heterocycles. The van der Waals surface area contributed by atoms with Gasteiger partial charge in [0.2, 0.25) is 5.91 Å². The molecule has 0 N–H and O–H groups in total. The molecule has 1 heterocycles. The Morgan fingerprint density at radius 3 is 2.42 bits per heavy atom. The minimum absolute atomic E-state index is 0.0774. The van der Waals surface area contributed by atoms with Gasteiger partial charge in [-0.05, 0) is 17.7 Å². The summed E-state index contributed by atoms with van der Waals surface area (Å²) in [5.74, 6) is 0.0774. The van der Waals surface area contributed by atoms with Gasteiger partial charge in [0.05, 0.1) is 0 Å². The van der Waals surface area contributed by atoms with Crippen LogP contribution >= 0.6 is 11.6 Å². The molecule has 1 aromatic rings. The van der Waals surface area contributed by atoms with Crippen LogP contribution < -0.4 is 0 Å². The van der Waals surface area contributed by atoms with E-state index in [0.717, 1.165) is 37.7 Å². The highest BCUT2D eigenvalue weighted by Crippen LogP contribution is 2.12. The van der Waals surface area contributed by atoms with E-state index in [-0.39, 0.29) is 12.5 Å². The minimum atomic E-state index is 0.0774. The molecule has 19 heavy (non-hydrogen) atoms. The molecule has 0 unspecified atom stereocenters. The first-order chi connectivity index (χ1) is 9.19. The Morgan fingerprint density at radius 2 is 1.84 bits per heavy atom. The Hall–Kier alpha value is -1.10. The highest BCUT2D eigenvalue weighted by atomic mass is 35.5. The monoisotopic (exact) mass is 282 g/mol. The molecule has 0 spiro atoms. The third kappa shape index (κ3) is 4.20. The second-order valence-electron chi connectivity index (χ2n) is 4.72. The summed E-state index contributed by atoms with van der Waals surface area (Å²) in [5, 5.41) is 0.763. The van der Waals surface area contributed by atoms with Gasteiger partial charge in [0.1, 0.15) is 6.61 Å². The zero-order valence-corrected chi connectivity index (χ0v) is 11.9. The van der Waals surface area contributed by atoms with Crippen LogP contribution in [0.5, 0.6) is 0 Å². The van der Waals surface area contributed by atoms with Gasteiger partial charge in [-0.2, -0.15) is 0 Å². The first kappa shape index (κ1) is 14.3. The lowest BCUT2D eigenvalue weighted by atomic mass is 10.2. The highest BCUT2D eigenvalue weighted by Gasteiger charge is 2.20. The van der Waals surface area contributed by atoms with Gasteiger partial charge in [0, 0.05) is 44.9 Å². The van der Waals surface area contributed by atoms with E-state index in [1.165, 1.54) is 5.56 Å². The SMILES string of the molecule is COCC(=O)N1CCN(Cc2ccc(Cl)cc2)CC1. The largest absolute Gasteiger partial charge is 0.375 e. The van der Waals surface area contributed by atoms with E-state index in [1.54, 1.807) is 7.11 Å². The van der Waals surface area contributed by atoms with Crippen molar-refractivity contribution in [2.45, 2.75) is 6.54 Å². The lowest BCUT2D eigenvalue weighted by Crippen LogP contribution is -2.49. The van der Waals surface area contributed by atoms with Crippen LogP contribution in [0, 0.1) is 0 Å². The quantitative estimate of drug-likeness (QED) is 0.841. The lowest BCUT2D eigenvalue weighted by Gasteiger charge is -2.34. The van der Waals surface area contributed by atoms with Gasteiger partial charge >= 0.3 is 0 Å². The van der Waals surface area contributed by atoms with Crippen LogP contribution in [0.3, 0.4) is 0 Å². The molecule has 0 saturated carbocycles. The van der Waals surface area contributed by atoms with Gasteiger partial charge in [-0.25, -0.2) is 0 Å². The number of methoxy groups -OCH3 is 1. The zero-order valence-electron chi connectivity index (χ0n) is 11.1. The zero-order chi connectivity index (χ0) is 13.7. The maximum Gasteiger partial charge on any atom is 0.248 e. The molecular weight excluding hydrogens is 264 g/mol. The fourth-order valence-corrected chi connectivity index (χ4v) is 2.34. The van der Waals surface area contributed by atoms with Crippen LogP contribution in [0.25, 0.3) is 0 Å². The van der Waals surface area contributed by atoms with Gasteiger partial charge in [-0.3, -0.25) is 9.69 Å². The van der Waals surface area contributed by atoms with Gasteiger partial charge < -0.3 is 9.64 Å². The number of carbonyl (C=O) groups excluding carboxylic acids is 1. The fourth-order valence-electron chi connectivity index (χ4n) is 2.22. The predicted octanol–water partition coefficient (Wildman–Crippen LogP) is 1.63. The minimum Gasteiger partial charge on any atom is -0.375 e. The molecule has 0 aliphatic carbocycles. The molecule has 1 amide bonds. The summed E-state index contributed by atoms with van der Waals surface area (Å²) in [6.07, 6.45) is 0. The van der Waals surface area contributed by atoms with Crippen molar-refractivity contribution in [3.8, 4) is 0 Å². The number of nitrogens with zero attached hydrogens (tertiary/aromatic N) is 2. The molecular formula is C14H19ClN2O2. The summed E-state index contributed by atoms with van der Waals surface area (Å²) < 4.78 is 4.87. The Bertz CT molecular complexity index is 414. The van der Waals surface area contributed by atoms with Crippen LogP contribution in [0.4, 0.5) is 0 Å². The van der Waals surface area contributed by atoms with Crippen molar-refractivity contribution in [3.63, 3.8) is 0 Å². The third-order valence-corrected chi connectivity index (χ3v) is 3.56. The van der Waals surface area contributed by atoms with Crippen LogP contribution in [-0.4, -0.2) is 55.6 Å². The van der Waals surface area contributed by atoms with Gasteiger partial charge in [-0.1, -0.05) is 23.7 Å². The number of rotatable bonds is 4. The Balaban J connectivity index is 1.80. The molecule has 0 radical (unpaired) electrons. The second-order valence-corrected chi connectivity index (χ2v) is 5.15. The Labute approximate surface area is 118 Å². The summed E-state index contributed by atoms with van der Waals surface area (Å²) in [6.45, 7) is 4.43. The van der Waals surface area contributed by atoms with Crippen molar-refractivity contribution in [2.75, 3.05) is 39.9 Å². The summed E-state index contributed by atoms with van der Waals surface area (Å²) in [5.41, 5.74) is 1.25. The van der Waals surface area contributed by atoms with Crippen LogP contribution in [0.1, 0.15) is 5.56 Å². The van der Waals surface area contributed by atoms with Crippen molar-refractivity contribution in [1.82, 2.24) is 9.80 Å². The van der Waals surface area contributed by atoms with E-state index < -0.39 is 0 Å². The number of amides is 1. The fraction of sp³-hybridized carbons (Fsp3) is 0.500. The van der Waals surface area contributed by atoms with E-state index in [4.69, 9.17) is 16.3 Å². The van der Waals surface area contributed by atoms with Crippen molar-refractivity contribution < 1.29 is 9.53 Å². The summed E-state index contributed by atoms with van der Waals surface area (Å²) in [4.78, 5) is 15.9. The Morgan fingerprint density at radius 1 is 1.21 bits per heavy atom. The molecule has 2 rings (SSSR count). The molecule has 1 aliphatic heterocycles. The maximum atomic E-state index is 11.7. The number of hydrogen-bond donors (Lipinski definition) is 0. The van der Waals surface area contributed by atoms with Crippen LogP contribution in [0.15, 0.2) is 24.3 Å². The summed E-state index contributed by atoms with van der Waals surface area (Å²) >= 11 is 5.87. The number of ether oxygens (including phenoxy) is 1. The van der Waals surface area contributed by atoms with Gasteiger partial charge in [0.15, 0.2) is 0 Å². The van der Waals surface area contributed by atoms with Crippen LogP contribution in [-0.2, 0) is 16.1 Å². The van der Waals surface area contributed by atoms with E-state index in [9.17, 15) is 4.79 Å². The first-order valence-electron chi connectivity index (χ1n) is 6.42. The van der Waals surface area contributed by atoms with E-state index in [1.807, 2.05) is 29.2 Å². The number of hydrogen-bond acceptors (Lipinski definition) is 3. The van der Waals surface area contributed by atoms with E-state index in [2.05, 4.69) is 4.90 Å². The van der Waals surface area contributed by atoms with Crippen molar-refractivity contribution in [2.24, 2.45) is 0 Å².